The van der Waals surface area contributed by atoms with Crippen molar-refractivity contribution in [2.45, 2.75) is 33.2 Å². The van der Waals surface area contributed by atoms with Crippen LogP contribution in [0.4, 0.5) is 0 Å². The third-order valence-corrected chi connectivity index (χ3v) is 3.19. The van der Waals surface area contributed by atoms with E-state index in [1.165, 1.54) is 0 Å². The highest BCUT2D eigenvalue weighted by atomic mass is 16.2. The van der Waals surface area contributed by atoms with Gasteiger partial charge in [0.05, 0.1) is 0 Å². The van der Waals surface area contributed by atoms with E-state index in [-0.39, 0.29) is 17.9 Å². The summed E-state index contributed by atoms with van der Waals surface area (Å²) in [6.45, 7) is 5.44. The largest absolute Gasteiger partial charge is 0.396 e. The smallest absolute Gasteiger partial charge is 0.251 e. The van der Waals surface area contributed by atoms with E-state index < -0.39 is 0 Å². The number of carbonyl (C=O) groups excluding carboxylic acids is 1. The first kappa shape index (κ1) is 15.7. The zero-order chi connectivity index (χ0) is 14.3. The topological polar surface area (TPSA) is 75.3 Å². The first-order valence-corrected chi connectivity index (χ1v) is 6.66. The van der Waals surface area contributed by atoms with Gasteiger partial charge < -0.3 is 16.2 Å². The number of nitrogens with two attached hydrogens (primary N) is 1. The van der Waals surface area contributed by atoms with E-state index in [9.17, 15) is 4.79 Å². The predicted octanol–water partition coefficient (Wildman–Crippen LogP) is 1.67. The molecule has 1 aromatic carbocycles. The van der Waals surface area contributed by atoms with Crippen molar-refractivity contribution in [1.82, 2.24) is 5.32 Å². The number of carbonyl (C=O) groups is 1. The number of rotatable bonds is 7. The highest BCUT2D eigenvalue weighted by Crippen LogP contribution is 2.20. The summed E-state index contributed by atoms with van der Waals surface area (Å²) in [5.41, 5.74) is 7.17. The van der Waals surface area contributed by atoms with Crippen molar-refractivity contribution >= 4 is 5.91 Å². The molecule has 0 aromatic heterocycles. The lowest BCUT2D eigenvalue weighted by Gasteiger charge is -2.24. The molecule has 1 rings (SSSR count). The van der Waals surface area contributed by atoms with Gasteiger partial charge in [-0.3, -0.25) is 4.79 Å². The molecule has 0 aliphatic rings. The molecule has 0 saturated carbocycles. The number of hydrogen-bond acceptors (Lipinski definition) is 3. The molecule has 0 atom stereocenters. The molecule has 4 N–H and O–H groups in total. The molecule has 19 heavy (non-hydrogen) atoms. The van der Waals surface area contributed by atoms with Crippen molar-refractivity contribution in [2.24, 2.45) is 11.1 Å². The van der Waals surface area contributed by atoms with Crippen LogP contribution in [0.5, 0.6) is 0 Å². The minimum absolute atomic E-state index is 0.00438. The molecular weight excluding hydrogens is 240 g/mol. The molecule has 0 spiro atoms. The summed E-state index contributed by atoms with van der Waals surface area (Å²) in [4.78, 5) is 12.0. The number of amides is 1. The molecule has 106 valence electrons. The van der Waals surface area contributed by atoms with Crippen molar-refractivity contribution < 1.29 is 9.90 Å². The molecule has 1 amide bonds. The molecule has 0 heterocycles. The van der Waals surface area contributed by atoms with E-state index in [1.54, 1.807) is 12.1 Å². The Morgan fingerprint density at radius 2 is 1.95 bits per heavy atom. The standard InChI is InChI=1S/C15H24N2O2/c1-15(2,8-3-9-18)11-17-14(19)13-6-4-12(10-16)5-7-13/h4-7,18H,3,8-11,16H2,1-2H3,(H,17,19). The van der Waals surface area contributed by atoms with Crippen LogP contribution in [0, 0.1) is 5.41 Å². The Kier molecular flexibility index (Phi) is 5.99. The van der Waals surface area contributed by atoms with Crippen molar-refractivity contribution in [3.63, 3.8) is 0 Å². The van der Waals surface area contributed by atoms with Crippen LogP contribution in [0.3, 0.4) is 0 Å². The van der Waals surface area contributed by atoms with Crippen molar-refractivity contribution in [1.29, 1.82) is 0 Å². The van der Waals surface area contributed by atoms with E-state index in [2.05, 4.69) is 19.2 Å². The molecule has 0 saturated heterocycles. The Bertz CT molecular complexity index is 399. The van der Waals surface area contributed by atoms with E-state index in [4.69, 9.17) is 10.8 Å². The lowest BCUT2D eigenvalue weighted by atomic mass is 9.88. The molecule has 1 aromatic rings. The molecule has 0 unspecified atom stereocenters. The second-order valence-electron chi connectivity index (χ2n) is 5.58. The molecule has 0 fully saturated rings. The minimum Gasteiger partial charge on any atom is -0.396 e. The van der Waals surface area contributed by atoms with Gasteiger partial charge in [0.1, 0.15) is 0 Å². The fourth-order valence-electron chi connectivity index (χ4n) is 1.86. The summed E-state index contributed by atoms with van der Waals surface area (Å²) in [5.74, 6) is -0.0688. The first-order valence-electron chi connectivity index (χ1n) is 6.66. The second kappa shape index (κ2) is 7.26. The van der Waals surface area contributed by atoms with Crippen LogP contribution in [0.25, 0.3) is 0 Å². The Morgan fingerprint density at radius 3 is 2.47 bits per heavy atom. The Hall–Kier alpha value is -1.39. The fourth-order valence-corrected chi connectivity index (χ4v) is 1.86. The molecule has 4 nitrogen and oxygen atoms in total. The van der Waals surface area contributed by atoms with Crippen LogP contribution in [-0.2, 0) is 6.54 Å². The van der Waals surface area contributed by atoms with Crippen LogP contribution < -0.4 is 11.1 Å². The lowest BCUT2D eigenvalue weighted by molar-refractivity contribution is 0.0933. The average molecular weight is 264 g/mol. The monoisotopic (exact) mass is 264 g/mol. The maximum atomic E-state index is 12.0. The number of hydrogen-bond donors (Lipinski definition) is 3. The highest BCUT2D eigenvalue weighted by molar-refractivity contribution is 5.94. The van der Waals surface area contributed by atoms with Crippen LogP contribution in [-0.4, -0.2) is 24.2 Å². The van der Waals surface area contributed by atoms with Gasteiger partial charge in [-0.05, 0) is 36.0 Å². The van der Waals surface area contributed by atoms with Gasteiger partial charge in [-0.25, -0.2) is 0 Å². The first-order chi connectivity index (χ1) is 8.98. The zero-order valence-corrected chi connectivity index (χ0v) is 11.8. The van der Waals surface area contributed by atoms with Crippen molar-refractivity contribution in [3.05, 3.63) is 35.4 Å². The summed E-state index contributed by atoms with van der Waals surface area (Å²) in [6.07, 6.45) is 1.64. The predicted molar refractivity (Wildman–Crippen MR) is 76.8 cm³/mol. The molecular formula is C15H24N2O2. The van der Waals surface area contributed by atoms with Gasteiger partial charge in [0.2, 0.25) is 0 Å². The second-order valence-corrected chi connectivity index (χ2v) is 5.58. The Balaban J connectivity index is 2.50. The maximum Gasteiger partial charge on any atom is 0.251 e. The van der Waals surface area contributed by atoms with Crippen LogP contribution in [0.2, 0.25) is 0 Å². The van der Waals surface area contributed by atoms with Gasteiger partial charge >= 0.3 is 0 Å². The number of aliphatic hydroxyl groups is 1. The zero-order valence-electron chi connectivity index (χ0n) is 11.8. The summed E-state index contributed by atoms with van der Waals surface area (Å²) in [5, 5.41) is 11.8. The lowest BCUT2D eigenvalue weighted by Crippen LogP contribution is -2.34. The van der Waals surface area contributed by atoms with E-state index in [1.807, 2.05) is 12.1 Å². The molecule has 0 aliphatic heterocycles. The van der Waals surface area contributed by atoms with Crippen LogP contribution in [0.15, 0.2) is 24.3 Å². The fraction of sp³-hybridized carbons (Fsp3) is 0.533. The maximum absolute atomic E-state index is 12.0. The number of nitrogens with one attached hydrogen (secondary N) is 1. The Labute approximate surface area is 115 Å². The quantitative estimate of drug-likeness (QED) is 0.701. The van der Waals surface area contributed by atoms with Crippen LogP contribution in [0.1, 0.15) is 42.6 Å². The summed E-state index contributed by atoms with van der Waals surface area (Å²) >= 11 is 0. The summed E-state index contributed by atoms with van der Waals surface area (Å²) in [6, 6.07) is 7.31. The van der Waals surface area contributed by atoms with Crippen molar-refractivity contribution in [3.8, 4) is 0 Å². The van der Waals surface area contributed by atoms with Gasteiger partial charge in [-0.2, -0.15) is 0 Å². The van der Waals surface area contributed by atoms with Crippen LogP contribution >= 0.6 is 0 Å². The number of aliphatic hydroxyl groups excluding tert-OH is 1. The average Bonchev–Trinajstić information content (AvgIpc) is 2.43. The Morgan fingerprint density at radius 1 is 1.32 bits per heavy atom. The SMILES string of the molecule is CC(C)(CCCO)CNC(=O)c1ccc(CN)cc1. The summed E-state index contributed by atoms with van der Waals surface area (Å²) in [7, 11) is 0. The van der Waals surface area contributed by atoms with Gasteiger partial charge in [0, 0.05) is 25.3 Å². The van der Waals surface area contributed by atoms with Gasteiger partial charge in [-0.1, -0.05) is 26.0 Å². The van der Waals surface area contributed by atoms with E-state index in [0.717, 1.165) is 18.4 Å². The van der Waals surface area contributed by atoms with E-state index in [0.29, 0.717) is 18.7 Å². The molecule has 0 radical (unpaired) electrons. The van der Waals surface area contributed by atoms with Crippen molar-refractivity contribution in [2.75, 3.05) is 13.2 Å². The van der Waals surface area contributed by atoms with Gasteiger partial charge in [0.25, 0.3) is 5.91 Å². The van der Waals surface area contributed by atoms with Gasteiger partial charge in [0.15, 0.2) is 0 Å². The van der Waals surface area contributed by atoms with E-state index >= 15 is 0 Å². The molecule has 0 aliphatic carbocycles. The normalized spacial score (nSPS) is 11.4. The highest BCUT2D eigenvalue weighted by Gasteiger charge is 2.18. The third kappa shape index (κ3) is 5.41. The number of benzene rings is 1. The summed E-state index contributed by atoms with van der Waals surface area (Å²) < 4.78 is 0. The third-order valence-electron chi connectivity index (χ3n) is 3.19. The molecule has 0 bridgehead atoms. The minimum atomic E-state index is -0.0688. The van der Waals surface area contributed by atoms with Gasteiger partial charge in [-0.15, -0.1) is 0 Å². The molecule has 4 heteroatoms.